The van der Waals surface area contributed by atoms with E-state index >= 15 is 0 Å². The van der Waals surface area contributed by atoms with E-state index in [2.05, 4.69) is 47.1 Å². The van der Waals surface area contributed by atoms with Crippen LogP contribution in [0.1, 0.15) is 54.2 Å². The molecule has 0 saturated carbocycles. The van der Waals surface area contributed by atoms with E-state index in [0.717, 1.165) is 41.8 Å². The molecule has 0 spiro atoms. The van der Waals surface area contributed by atoms with Gasteiger partial charge < -0.3 is 0 Å². The molecule has 25 heavy (non-hydrogen) atoms. The molecule has 4 rings (SSSR count). The van der Waals surface area contributed by atoms with Crippen LogP contribution < -0.4 is 0 Å². The quantitative estimate of drug-likeness (QED) is 0.679. The molecular weight excluding hydrogens is 330 g/mol. The molecule has 0 radical (unpaired) electrons. The van der Waals surface area contributed by atoms with Crippen LogP contribution in [0.25, 0.3) is 4.96 Å². The molecular formula is C19H25N5S. The number of fused-ring (bicyclic) bond motifs is 2. The van der Waals surface area contributed by atoms with Crippen LogP contribution in [0.4, 0.5) is 0 Å². The molecule has 0 amide bonds. The van der Waals surface area contributed by atoms with Gasteiger partial charge >= 0.3 is 0 Å². The van der Waals surface area contributed by atoms with Gasteiger partial charge in [-0.2, -0.15) is 9.61 Å². The maximum atomic E-state index is 4.79. The molecule has 1 aromatic carbocycles. The summed E-state index contributed by atoms with van der Waals surface area (Å²) < 4.78 is 1.93. The third kappa shape index (κ3) is 3.46. The molecule has 0 atom stereocenters. The SMILES string of the molecule is CCN(CC)Cc1nnc2sc(Cc3ccc4c(c3)CCCC4)nn12. The summed E-state index contributed by atoms with van der Waals surface area (Å²) in [5.41, 5.74) is 4.43. The van der Waals surface area contributed by atoms with E-state index in [1.54, 1.807) is 11.3 Å². The summed E-state index contributed by atoms with van der Waals surface area (Å²) in [5.74, 6) is 0.937. The van der Waals surface area contributed by atoms with Crippen molar-refractivity contribution < 1.29 is 0 Å². The highest BCUT2D eigenvalue weighted by molar-refractivity contribution is 7.16. The molecule has 0 N–H and O–H groups in total. The molecule has 6 heteroatoms. The highest BCUT2D eigenvalue weighted by Crippen LogP contribution is 2.24. The van der Waals surface area contributed by atoms with Crippen LogP contribution in [0, 0.1) is 0 Å². The van der Waals surface area contributed by atoms with Crippen molar-refractivity contribution in [1.82, 2.24) is 24.7 Å². The number of rotatable bonds is 6. The molecule has 2 heterocycles. The lowest BCUT2D eigenvalue weighted by atomic mass is 9.90. The zero-order valence-electron chi connectivity index (χ0n) is 15.0. The minimum atomic E-state index is 0.802. The normalized spacial score (nSPS) is 14.4. The van der Waals surface area contributed by atoms with Crippen molar-refractivity contribution in [1.29, 1.82) is 0 Å². The second kappa shape index (κ2) is 7.22. The van der Waals surface area contributed by atoms with E-state index < -0.39 is 0 Å². The van der Waals surface area contributed by atoms with Crippen LogP contribution >= 0.6 is 11.3 Å². The Hall–Kier alpha value is -1.79. The van der Waals surface area contributed by atoms with Gasteiger partial charge in [-0.3, -0.25) is 4.90 Å². The molecule has 5 nitrogen and oxygen atoms in total. The van der Waals surface area contributed by atoms with Crippen LogP contribution in [0.2, 0.25) is 0 Å². The molecule has 2 aromatic heterocycles. The number of benzene rings is 1. The number of hydrogen-bond acceptors (Lipinski definition) is 5. The van der Waals surface area contributed by atoms with E-state index in [9.17, 15) is 0 Å². The molecule has 0 unspecified atom stereocenters. The fraction of sp³-hybridized carbons (Fsp3) is 0.526. The second-order valence-corrected chi connectivity index (χ2v) is 7.80. The molecule has 1 aliphatic rings. The van der Waals surface area contributed by atoms with Crippen LogP contribution in [-0.4, -0.2) is 37.8 Å². The minimum Gasteiger partial charge on any atom is -0.296 e. The molecule has 0 aliphatic heterocycles. The number of aryl methyl sites for hydroxylation is 2. The number of hydrogen-bond donors (Lipinski definition) is 0. The number of aromatic nitrogens is 4. The predicted molar refractivity (Wildman–Crippen MR) is 101 cm³/mol. The average Bonchev–Trinajstić information content (AvgIpc) is 3.20. The minimum absolute atomic E-state index is 0.802. The summed E-state index contributed by atoms with van der Waals surface area (Å²) in [4.78, 5) is 3.23. The van der Waals surface area contributed by atoms with Crippen LogP contribution in [-0.2, 0) is 25.8 Å². The van der Waals surface area contributed by atoms with Crippen LogP contribution in [0.5, 0.6) is 0 Å². The van der Waals surface area contributed by atoms with Crippen molar-refractivity contribution in [2.24, 2.45) is 0 Å². The van der Waals surface area contributed by atoms with Gasteiger partial charge in [0.1, 0.15) is 5.01 Å². The van der Waals surface area contributed by atoms with Gasteiger partial charge in [-0.15, -0.1) is 10.2 Å². The fourth-order valence-electron chi connectivity index (χ4n) is 3.59. The monoisotopic (exact) mass is 355 g/mol. The Bertz CT molecular complexity index is 862. The van der Waals surface area contributed by atoms with E-state index in [4.69, 9.17) is 5.10 Å². The first kappa shape index (κ1) is 16.7. The van der Waals surface area contributed by atoms with Crippen molar-refractivity contribution in [2.45, 2.75) is 52.5 Å². The van der Waals surface area contributed by atoms with Gasteiger partial charge in [0, 0.05) is 6.42 Å². The molecule has 0 fully saturated rings. The maximum Gasteiger partial charge on any atom is 0.234 e. The Balaban J connectivity index is 1.55. The number of nitrogens with zero attached hydrogens (tertiary/aromatic N) is 5. The molecule has 0 bridgehead atoms. The van der Waals surface area contributed by atoms with Gasteiger partial charge in [-0.25, -0.2) is 0 Å². The first-order valence-electron chi connectivity index (χ1n) is 9.29. The van der Waals surface area contributed by atoms with Gasteiger partial charge in [0.05, 0.1) is 6.54 Å². The lowest BCUT2D eigenvalue weighted by Gasteiger charge is -2.16. The summed E-state index contributed by atoms with van der Waals surface area (Å²) >= 11 is 1.65. The predicted octanol–water partition coefficient (Wildman–Crippen LogP) is 3.50. The van der Waals surface area contributed by atoms with Gasteiger partial charge in [-0.1, -0.05) is 43.4 Å². The second-order valence-electron chi connectivity index (χ2n) is 6.75. The molecule has 132 valence electrons. The smallest absolute Gasteiger partial charge is 0.234 e. The van der Waals surface area contributed by atoms with Crippen LogP contribution in [0.3, 0.4) is 0 Å². The summed E-state index contributed by atoms with van der Waals surface area (Å²) in [7, 11) is 0. The van der Waals surface area contributed by atoms with E-state index in [1.807, 2.05) is 4.52 Å². The Morgan fingerprint density at radius 2 is 1.88 bits per heavy atom. The van der Waals surface area contributed by atoms with Crippen molar-refractivity contribution in [2.75, 3.05) is 13.1 Å². The first-order valence-corrected chi connectivity index (χ1v) is 10.1. The van der Waals surface area contributed by atoms with Crippen molar-refractivity contribution in [3.8, 4) is 0 Å². The van der Waals surface area contributed by atoms with E-state index in [1.165, 1.54) is 42.4 Å². The summed E-state index contributed by atoms with van der Waals surface area (Å²) in [6.07, 6.45) is 6.00. The Labute approximate surface area is 152 Å². The van der Waals surface area contributed by atoms with E-state index in [0.29, 0.717) is 0 Å². The Kier molecular flexibility index (Phi) is 4.81. The largest absolute Gasteiger partial charge is 0.296 e. The molecule has 3 aromatic rings. The van der Waals surface area contributed by atoms with Gasteiger partial charge in [-0.05, 0) is 55.5 Å². The Morgan fingerprint density at radius 3 is 2.68 bits per heavy atom. The zero-order chi connectivity index (χ0) is 17.2. The maximum absolute atomic E-state index is 4.79. The summed E-state index contributed by atoms with van der Waals surface area (Å²) in [6, 6.07) is 6.97. The molecule has 1 aliphatic carbocycles. The molecule has 0 saturated heterocycles. The lowest BCUT2D eigenvalue weighted by molar-refractivity contribution is 0.286. The van der Waals surface area contributed by atoms with Gasteiger partial charge in [0.15, 0.2) is 5.82 Å². The van der Waals surface area contributed by atoms with Crippen molar-refractivity contribution in [3.05, 3.63) is 45.7 Å². The van der Waals surface area contributed by atoms with E-state index in [-0.39, 0.29) is 0 Å². The zero-order valence-corrected chi connectivity index (χ0v) is 15.8. The Morgan fingerprint density at radius 1 is 1.08 bits per heavy atom. The van der Waals surface area contributed by atoms with Crippen molar-refractivity contribution >= 4 is 16.3 Å². The van der Waals surface area contributed by atoms with Crippen molar-refractivity contribution in [3.63, 3.8) is 0 Å². The average molecular weight is 356 g/mol. The summed E-state index contributed by atoms with van der Waals surface area (Å²) in [5, 5.41) is 14.5. The lowest BCUT2D eigenvalue weighted by Crippen LogP contribution is -2.23. The first-order chi connectivity index (χ1) is 12.3. The third-order valence-electron chi connectivity index (χ3n) is 5.13. The van der Waals surface area contributed by atoms with Crippen LogP contribution in [0.15, 0.2) is 18.2 Å². The highest BCUT2D eigenvalue weighted by Gasteiger charge is 2.15. The van der Waals surface area contributed by atoms with Gasteiger partial charge in [0.25, 0.3) is 0 Å². The third-order valence-corrected chi connectivity index (χ3v) is 6.02. The highest BCUT2D eigenvalue weighted by atomic mass is 32.1. The fourth-order valence-corrected chi connectivity index (χ4v) is 4.47. The standard InChI is InChI=1S/C19H25N5S/c1-3-23(4-2)13-17-20-21-19-24(17)22-18(25-19)12-14-9-10-15-7-5-6-8-16(15)11-14/h9-11H,3-8,12-13H2,1-2H3. The summed E-state index contributed by atoms with van der Waals surface area (Å²) in [6.45, 7) is 7.17. The van der Waals surface area contributed by atoms with Gasteiger partial charge in [0.2, 0.25) is 4.96 Å². The topological polar surface area (TPSA) is 46.3 Å².